The van der Waals surface area contributed by atoms with Gasteiger partial charge in [0, 0.05) is 19.3 Å². The number of aliphatic hydroxyl groups is 1. The third kappa shape index (κ3) is 3.65. The van der Waals surface area contributed by atoms with Gasteiger partial charge in [0.15, 0.2) is 5.75 Å². The molecular formula is C13H17NO5. The van der Waals surface area contributed by atoms with Gasteiger partial charge in [-0.25, -0.2) is 0 Å². The maximum Gasteiger partial charge on any atom is 0.310 e. The minimum Gasteiger partial charge on any atom is -0.487 e. The van der Waals surface area contributed by atoms with Crippen molar-refractivity contribution < 1.29 is 19.5 Å². The number of rotatable bonds is 5. The second kappa shape index (κ2) is 6.49. The fourth-order valence-corrected chi connectivity index (χ4v) is 2.04. The molecule has 0 aliphatic carbocycles. The molecule has 1 aromatic rings. The summed E-state index contributed by atoms with van der Waals surface area (Å²) in [5.74, 6) is 0.592. The summed E-state index contributed by atoms with van der Waals surface area (Å²) in [7, 11) is 0. The van der Waals surface area contributed by atoms with E-state index in [-0.39, 0.29) is 18.0 Å². The topological polar surface area (TPSA) is 81.8 Å². The molecule has 0 bridgehead atoms. The van der Waals surface area contributed by atoms with Crippen LogP contribution >= 0.6 is 0 Å². The van der Waals surface area contributed by atoms with Gasteiger partial charge in [-0.15, -0.1) is 0 Å². The fraction of sp³-hybridized carbons (Fsp3) is 0.538. The van der Waals surface area contributed by atoms with Gasteiger partial charge in [-0.2, -0.15) is 0 Å². The number of nitro groups is 1. The van der Waals surface area contributed by atoms with Gasteiger partial charge in [-0.05, 0) is 36.5 Å². The molecule has 1 heterocycles. The van der Waals surface area contributed by atoms with E-state index in [0.29, 0.717) is 31.3 Å². The third-order valence-electron chi connectivity index (χ3n) is 3.22. The molecule has 0 amide bonds. The number of benzene rings is 1. The molecule has 2 rings (SSSR count). The second-order valence-electron chi connectivity index (χ2n) is 4.58. The maximum absolute atomic E-state index is 10.9. The normalized spacial score (nSPS) is 16.3. The Bertz CT molecular complexity index is 443. The van der Waals surface area contributed by atoms with Crippen LogP contribution in [0.4, 0.5) is 5.69 Å². The Morgan fingerprint density at radius 1 is 1.42 bits per heavy atom. The first-order valence-corrected chi connectivity index (χ1v) is 6.29. The molecule has 1 aliphatic rings. The molecule has 1 saturated heterocycles. The highest BCUT2D eigenvalue weighted by Gasteiger charge is 2.19. The van der Waals surface area contributed by atoms with E-state index in [1.54, 1.807) is 0 Å². The zero-order chi connectivity index (χ0) is 13.7. The molecule has 6 heteroatoms. The van der Waals surface area contributed by atoms with Crippen molar-refractivity contribution >= 4 is 5.69 Å². The molecule has 1 aromatic carbocycles. The number of hydrogen-bond acceptors (Lipinski definition) is 5. The third-order valence-corrected chi connectivity index (χ3v) is 3.22. The minimum absolute atomic E-state index is 0.0655. The molecule has 0 spiro atoms. The number of nitro benzene ring substituents is 1. The molecule has 0 aromatic heterocycles. The van der Waals surface area contributed by atoms with Crippen molar-refractivity contribution in [2.75, 3.05) is 19.8 Å². The van der Waals surface area contributed by atoms with Gasteiger partial charge in [0.25, 0.3) is 0 Å². The molecular weight excluding hydrogens is 250 g/mol. The summed E-state index contributed by atoms with van der Waals surface area (Å²) >= 11 is 0. The van der Waals surface area contributed by atoms with E-state index in [4.69, 9.17) is 14.6 Å². The highest BCUT2D eigenvalue weighted by molar-refractivity contribution is 5.48. The fourth-order valence-electron chi connectivity index (χ4n) is 2.04. The van der Waals surface area contributed by atoms with Crippen LogP contribution in [0.5, 0.6) is 5.75 Å². The van der Waals surface area contributed by atoms with Crippen LogP contribution in [0.25, 0.3) is 0 Å². The summed E-state index contributed by atoms with van der Waals surface area (Å²) in [6.07, 6.45) is 1.82. The van der Waals surface area contributed by atoms with Crippen LogP contribution in [0.1, 0.15) is 18.4 Å². The van der Waals surface area contributed by atoms with Gasteiger partial charge >= 0.3 is 5.69 Å². The Labute approximate surface area is 111 Å². The molecule has 104 valence electrons. The van der Waals surface area contributed by atoms with Crippen LogP contribution in [0.3, 0.4) is 0 Å². The smallest absolute Gasteiger partial charge is 0.310 e. The average Bonchev–Trinajstić information content (AvgIpc) is 2.45. The predicted molar refractivity (Wildman–Crippen MR) is 68.1 cm³/mol. The monoisotopic (exact) mass is 267 g/mol. The molecule has 0 atom stereocenters. The largest absolute Gasteiger partial charge is 0.487 e. The lowest BCUT2D eigenvalue weighted by molar-refractivity contribution is -0.385. The van der Waals surface area contributed by atoms with E-state index in [2.05, 4.69) is 0 Å². The molecule has 1 N–H and O–H groups in total. The van der Waals surface area contributed by atoms with Crippen molar-refractivity contribution in [3.8, 4) is 5.75 Å². The van der Waals surface area contributed by atoms with Crippen LogP contribution in [0.15, 0.2) is 18.2 Å². The molecule has 1 fully saturated rings. The molecule has 0 radical (unpaired) electrons. The van der Waals surface area contributed by atoms with Crippen molar-refractivity contribution in [3.05, 3.63) is 33.9 Å². The number of nitrogens with zero attached hydrogens (tertiary/aromatic N) is 1. The lowest BCUT2D eigenvalue weighted by Gasteiger charge is -2.22. The van der Waals surface area contributed by atoms with Crippen LogP contribution in [-0.2, 0) is 11.3 Å². The van der Waals surface area contributed by atoms with Crippen molar-refractivity contribution in [2.45, 2.75) is 19.4 Å². The first-order valence-electron chi connectivity index (χ1n) is 6.29. The van der Waals surface area contributed by atoms with Crippen LogP contribution in [0.2, 0.25) is 0 Å². The lowest BCUT2D eigenvalue weighted by Crippen LogP contribution is -2.21. The van der Waals surface area contributed by atoms with Gasteiger partial charge in [0.1, 0.15) is 0 Å². The summed E-state index contributed by atoms with van der Waals surface area (Å²) in [5.41, 5.74) is 0.539. The van der Waals surface area contributed by atoms with E-state index in [9.17, 15) is 10.1 Å². The predicted octanol–water partition coefficient (Wildman–Crippen LogP) is 1.89. The Morgan fingerprint density at radius 3 is 2.79 bits per heavy atom. The van der Waals surface area contributed by atoms with Crippen LogP contribution in [-0.4, -0.2) is 29.9 Å². The van der Waals surface area contributed by atoms with Gasteiger partial charge in [0.05, 0.1) is 18.1 Å². The first-order chi connectivity index (χ1) is 9.20. The summed E-state index contributed by atoms with van der Waals surface area (Å²) in [4.78, 5) is 10.4. The minimum atomic E-state index is -0.472. The van der Waals surface area contributed by atoms with Crippen molar-refractivity contribution in [1.82, 2.24) is 0 Å². The lowest BCUT2D eigenvalue weighted by atomic mass is 10.0. The zero-order valence-electron chi connectivity index (χ0n) is 10.6. The van der Waals surface area contributed by atoms with E-state index < -0.39 is 4.92 Å². The Kier molecular flexibility index (Phi) is 4.70. The molecule has 6 nitrogen and oxygen atoms in total. The van der Waals surface area contributed by atoms with E-state index in [1.807, 2.05) is 0 Å². The maximum atomic E-state index is 10.9. The van der Waals surface area contributed by atoms with Crippen molar-refractivity contribution in [3.63, 3.8) is 0 Å². The summed E-state index contributed by atoms with van der Waals surface area (Å²) in [6.45, 7) is 1.71. The van der Waals surface area contributed by atoms with E-state index >= 15 is 0 Å². The quantitative estimate of drug-likeness (QED) is 0.650. The SMILES string of the molecule is O=[N+]([O-])c1ccc(CO)cc1OCC1CCOCC1. The number of hydrogen-bond donors (Lipinski definition) is 1. The second-order valence-corrected chi connectivity index (χ2v) is 4.58. The molecule has 1 aliphatic heterocycles. The Balaban J connectivity index is 2.06. The Hall–Kier alpha value is -1.66. The molecule has 19 heavy (non-hydrogen) atoms. The average molecular weight is 267 g/mol. The van der Waals surface area contributed by atoms with Gasteiger partial charge in [-0.3, -0.25) is 10.1 Å². The van der Waals surface area contributed by atoms with Gasteiger partial charge in [0.2, 0.25) is 0 Å². The first kappa shape index (κ1) is 13.8. The zero-order valence-corrected chi connectivity index (χ0v) is 10.6. The highest BCUT2D eigenvalue weighted by Crippen LogP contribution is 2.29. The number of ether oxygens (including phenoxy) is 2. The Morgan fingerprint density at radius 2 is 2.16 bits per heavy atom. The van der Waals surface area contributed by atoms with Crippen molar-refractivity contribution in [1.29, 1.82) is 0 Å². The van der Waals surface area contributed by atoms with Crippen molar-refractivity contribution in [2.24, 2.45) is 5.92 Å². The van der Waals surface area contributed by atoms with Crippen LogP contribution in [0, 0.1) is 16.0 Å². The van der Waals surface area contributed by atoms with E-state index in [1.165, 1.54) is 18.2 Å². The highest BCUT2D eigenvalue weighted by atomic mass is 16.6. The molecule has 0 unspecified atom stereocenters. The summed E-state index contributed by atoms with van der Waals surface area (Å²) in [6, 6.07) is 4.42. The summed E-state index contributed by atoms with van der Waals surface area (Å²) in [5, 5.41) is 20.0. The number of aliphatic hydroxyl groups excluding tert-OH is 1. The van der Waals surface area contributed by atoms with Crippen LogP contribution < -0.4 is 4.74 Å². The molecule has 0 saturated carbocycles. The van der Waals surface area contributed by atoms with Gasteiger partial charge in [-0.1, -0.05) is 0 Å². The standard InChI is InChI=1S/C13H17NO5/c15-8-11-1-2-12(14(16)17)13(7-11)19-9-10-3-5-18-6-4-10/h1-2,7,10,15H,3-6,8-9H2. The summed E-state index contributed by atoms with van der Waals surface area (Å²) < 4.78 is 10.8. The van der Waals surface area contributed by atoms with E-state index in [0.717, 1.165) is 12.8 Å². The van der Waals surface area contributed by atoms with Gasteiger partial charge < -0.3 is 14.6 Å².